The molecule has 0 fully saturated rings. The molecule has 0 saturated heterocycles. The second-order valence-electron chi connectivity index (χ2n) is 6.40. The van der Waals surface area contributed by atoms with E-state index in [0.717, 1.165) is 10.8 Å². The fourth-order valence-corrected chi connectivity index (χ4v) is 3.14. The molecule has 4 rings (SSSR count). The van der Waals surface area contributed by atoms with Crippen molar-refractivity contribution >= 4 is 27.5 Å². The molecule has 0 aliphatic rings. The number of ketones is 1. The van der Waals surface area contributed by atoms with Crippen LogP contribution in [0.15, 0.2) is 69.9 Å². The predicted molar refractivity (Wildman–Crippen MR) is 109 cm³/mol. The van der Waals surface area contributed by atoms with Crippen LogP contribution in [0.3, 0.4) is 0 Å². The molecule has 0 aliphatic carbocycles. The van der Waals surface area contributed by atoms with Crippen LogP contribution >= 0.6 is 0 Å². The molecule has 1 heterocycles. The van der Waals surface area contributed by atoms with E-state index in [-0.39, 0.29) is 12.4 Å². The number of carbonyl (C=O) groups is 1. The molecule has 0 aliphatic heterocycles. The van der Waals surface area contributed by atoms with Crippen molar-refractivity contribution in [3.8, 4) is 17.2 Å². The van der Waals surface area contributed by atoms with Gasteiger partial charge in [0.2, 0.25) is 0 Å². The highest BCUT2D eigenvalue weighted by Gasteiger charge is 2.12. The highest BCUT2D eigenvalue weighted by molar-refractivity contribution is 6.05. The number of hydrogen-bond acceptors (Lipinski definition) is 6. The number of methoxy groups -OCH3 is 2. The Morgan fingerprint density at radius 1 is 0.828 bits per heavy atom. The average Bonchev–Trinajstić information content (AvgIpc) is 2.77. The maximum absolute atomic E-state index is 12.4. The topological polar surface area (TPSA) is 75.0 Å². The fourth-order valence-electron chi connectivity index (χ4n) is 3.14. The van der Waals surface area contributed by atoms with Gasteiger partial charge in [-0.3, -0.25) is 4.79 Å². The van der Waals surface area contributed by atoms with Crippen molar-refractivity contribution in [3.05, 3.63) is 76.6 Å². The number of fused-ring (bicyclic) bond motifs is 3. The number of ether oxygens (including phenoxy) is 3. The lowest BCUT2D eigenvalue weighted by Gasteiger charge is -2.09. The van der Waals surface area contributed by atoms with Gasteiger partial charge in [-0.1, -0.05) is 12.1 Å². The van der Waals surface area contributed by atoms with E-state index in [1.165, 1.54) is 0 Å². The summed E-state index contributed by atoms with van der Waals surface area (Å²) in [5.41, 5.74) is 0.423. The molecule has 0 N–H and O–H groups in total. The van der Waals surface area contributed by atoms with Gasteiger partial charge in [0.15, 0.2) is 12.4 Å². The quantitative estimate of drug-likeness (QED) is 0.279. The molecule has 3 aromatic carbocycles. The molecular formula is C23H18O6. The zero-order valence-corrected chi connectivity index (χ0v) is 15.9. The summed E-state index contributed by atoms with van der Waals surface area (Å²) in [5.74, 6) is 1.44. The Bertz CT molecular complexity index is 1270. The van der Waals surface area contributed by atoms with Crippen molar-refractivity contribution in [2.45, 2.75) is 0 Å². The van der Waals surface area contributed by atoms with Crippen molar-refractivity contribution in [1.29, 1.82) is 0 Å². The average molecular weight is 390 g/mol. The first-order valence-corrected chi connectivity index (χ1v) is 8.94. The molecule has 0 amide bonds. The maximum Gasteiger partial charge on any atom is 0.344 e. The minimum Gasteiger partial charge on any atom is -0.497 e. The van der Waals surface area contributed by atoms with E-state index in [2.05, 4.69) is 0 Å². The van der Waals surface area contributed by atoms with Gasteiger partial charge in [-0.05, 0) is 42.5 Å². The summed E-state index contributed by atoms with van der Waals surface area (Å²) in [6, 6.07) is 17.3. The Morgan fingerprint density at radius 3 is 2.34 bits per heavy atom. The standard InChI is InChI=1S/C23H18O6/c1-26-15-5-3-4-14(10-15)21(24)13-28-17-7-9-19-18-8-6-16(27-2)11-20(18)23(25)29-22(19)12-17/h3-12H,13H2,1-2H3. The Kier molecular flexibility index (Phi) is 4.91. The van der Waals surface area contributed by atoms with E-state index in [9.17, 15) is 9.59 Å². The van der Waals surface area contributed by atoms with Gasteiger partial charge >= 0.3 is 5.63 Å². The molecule has 146 valence electrons. The van der Waals surface area contributed by atoms with E-state index < -0.39 is 5.63 Å². The SMILES string of the molecule is COc1cccc(C(=O)COc2ccc3c(c2)oc(=O)c2cc(OC)ccc23)c1. The molecule has 6 nitrogen and oxygen atoms in total. The fraction of sp³-hybridized carbons (Fsp3) is 0.130. The number of carbonyl (C=O) groups excluding carboxylic acids is 1. The Labute approximate surface area is 166 Å². The summed E-state index contributed by atoms with van der Waals surface area (Å²) in [6.45, 7) is -0.145. The molecule has 0 radical (unpaired) electrons. The second-order valence-corrected chi connectivity index (χ2v) is 6.40. The van der Waals surface area contributed by atoms with Crippen LogP contribution in [-0.4, -0.2) is 26.6 Å². The number of benzene rings is 3. The summed E-state index contributed by atoms with van der Waals surface area (Å²) in [6.07, 6.45) is 0. The third kappa shape index (κ3) is 3.65. The zero-order valence-electron chi connectivity index (χ0n) is 15.9. The maximum atomic E-state index is 12.4. The first-order valence-electron chi connectivity index (χ1n) is 8.94. The summed E-state index contributed by atoms with van der Waals surface area (Å²) >= 11 is 0. The highest BCUT2D eigenvalue weighted by atomic mass is 16.5. The molecule has 0 saturated carbocycles. The highest BCUT2D eigenvalue weighted by Crippen LogP contribution is 2.28. The van der Waals surface area contributed by atoms with Crippen molar-refractivity contribution < 1.29 is 23.4 Å². The van der Waals surface area contributed by atoms with E-state index in [0.29, 0.717) is 33.8 Å². The van der Waals surface area contributed by atoms with E-state index >= 15 is 0 Å². The van der Waals surface area contributed by atoms with Gasteiger partial charge in [-0.2, -0.15) is 0 Å². The van der Waals surface area contributed by atoms with Crippen LogP contribution in [-0.2, 0) is 0 Å². The van der Waals surface area contributed by atoms with Gasteiger partial charge in [0.25, 0.3) is 0 Å². The summed E-state index contributed by atoms with van der Waals surface area (Å²) < 4.78 is 21.4. The van der Waals surface area contributed by atoms with Crippen LogP contribution in [0.2, 0.25) is 0 Å². The molecule has 0 spiro atoms. The normalized spacial score (nSPS) is 10.8. The Hall–Kier alpha value is -3.80. The van der Waals surface area contributed by atoms with Gasteiger partial charge in [0.1, 0.15) is 22.8 Å². The number of hydrogen-bond donors (Lipinski definition) is 0. The van der Waals surface area contributed by atoms with Gasteiger partial charge in [-0.25, -0.2) is 4.79 Å². The summed E-state index contributed by atoms with van der Waals surface area (Å²) in [7, 11) is 3.09. The largest absolute Gasteiger partial charge is 0.497 e. The minimum atomic E-state index is -0.462. The van der Waals surface area contributed by atoms with Crippen LogP contribution in [0.4, 0.5) is 0 Å². The van der Waals surface area contributed by atoms with Crippen LogP contribution in [0.25, 0.3) is 21.7 Å². The monoisotopic (exact) mass is 390 g/mol. The summed E-state index contributed by atoms with van der Waals surface area (Å²) in [5, 5.41) is 1.98. The predicted octanol–water partition coefficient (Wildman–Crippen LogP) is 4.23. The third-order valence-electron chi connectivity index (χ3n) is 4.65. The molecule has 29 heavy (non-hydrogen) atoms. The Morgan fingerprint density at radius 2 is 1.55 bits per heavy atom. The summed E-state index contributed by atoms with van der Waals surface area (Å²) in [4.78, 5) is 24.7. The Balaban J connectivity index is 1.61. The first-order chi connectivity index (χ1) is 14.1. The van der Waals surface area contributed by atoms with Crippen molar-refractivity contribution in [1.82, 2.24) is 0 Å². The molecule has 0 atom stereocenters. The molecule has 1 aromatic heterocycles. The molecule has 0 unspecified atom stereocenters. The zero-order chi connectivity index (χ0) is 20.4. The van der Waals surface area contributed by atoms with Crippen LogP contribution < -0.4 is 19.8 Å². The van der Waals surface area contributed by atoms with Crippen LogP contribution in [0.5, 0.6) is 17.2 Å². The first kappa shape index (κ1) is 18.6. The van der Waals surface area contributed by atoms with E-state index in [4.69, 9.17) is 18.6 Å². The molecular weight excluding hydrogens is 372 g/mol. The molecule has 6 heteroatoms. The smallest absolute Gasteiger partial charge is 0.344 e. The van der Waals surface area contributed by atoms with Crippen molar-refractivity contribution in [2.24, 2.45) is 0 Å². The lowest BCUT2D eigenvalue weighted by molar-refractivity contribution is 0.0921. The van der Waals surface area contributed by atoms with Gasteiger partial charge in [0.05, 0.1) is 19.6 Å². The van der Waals surface area contributed by atoms with Crippen LogP contribution in [0.1, 0.15) is 10.4 Å². The van der Waals surface area contributed by atoms with Gasteiger partial charge < -0.3 is 18.6 Å². The van der Waals surface area contributed by atoms with Gasteiger partial charge in [-0.15, -0.1) is 0 Å². The van der Waals surface area contributed by atoms with Crippen molar-refractivity contribution in [3.63, 3.8) is 0 Å². The number of rotatable bonds is 6. The van der Waals surface area contributed by atoms with E-state index in [1.807, 2.05) is 6.07 Å². The number of Topliss-reactive ketones (excluding diaryl/α,β-unsaturated/α-hetero) is 1. The molecule has 0 bridgehead atoms. The molecule has 4 aromatic rings. The third-order valence-corrected chi connectivity index (χ3v) is 4.65. The van der Waals surface area contributed by atoms with E-state index in [1.54, 1.807) is 68.8 Å². The van der Waals surface area contributed by atoms with Crippen molar-refractivity contribution in [2.75, 3.05) is 20.8 Å². The minimum absolute atomic E-state index is 0.145. The van der Waals surface area contributed by atoms with Gasteiger partial charge in [0, 0.05) is 22.4 Å². The lowest BCUT2D eigenvalue weighted by atomic mass is 10.1. The second kappa shape index (κ2) is 7.67. The lowest BCUT2D eigenvalue weighted by Crippen LogP contribution is -2.11. The van der Waals surface area contributed by atoms with Crippen LogP contribution in [0, 0.1) is 0 Å².